The summed E-state index contributed by atoms with van der Waals surface area (Å²) in [5.74, 6) is 3.90. The molecule has 0 aromatic carbocycles. The molecule has 0 aromatic rings. The minimum atomic E-state index is 0.806. The van der Waals surface area contributed by atoms with Crippen molar-refractivity contribution in [3.8, 4) is 0 Å². The van der Waals surface area contributed by atoms with Crippen molar-refractivity contribution >= 4 is 0 Å². The van der Waals surface area contributed by atoms with E-state index in [2.05, 4.69) is 26.2 Å². The molecule has 0 amide bonds. The van der Waals surface area contributed by atoms with E-state index in [9.17, 15) is 0 Å². The average molecular weight is 223 g/mol. The lowest BCUT2D eigenvalue weighted by molar-refractivity contribution is 0.146. The molecule has 2 saturated carbocycles. The second-order valence-corrected chi connectivity index (χ2v) is 6.46. The van der Waals surface area contributed by atoms with E-state index < -0.39 is 0 Å². The van der Waals surface area contributed by atoms with Crippen LogP contribution >= 0.6 is 0 Å². The molecule has 0 radical (unpaired) electrons. The van der Waals surface area contributed by atoms with E-state index in [0.717, 1.165) is 29.7 Å². The Morgan fingerprint density at radius 1 is 1.06 bits per heavy atom. The highest BCUT2D eigenvalue weighted by molar-refractivity contribution is 4.86. The van der Waals surface area contributed by atoms with Crippen molar-refractivity contribution in [3.63, 3.8) is 0 Å². The first-order valence-corrected chi connectivity index (χ1v) is 7.38. The molecule has 2 aliphatic rings. The normalized spacial score (nSPS) is 38.1. The molecule has 0 spiro atoms. The van der Waals surface area contributed by atoms with E-state index in [1.165, 1.54) is 44.9 Å². The van der Waals surface area contributed by atoms with Crippen LogP contribution in [0.4, 0.5) is 0 Å². The van der Waals surface area contributed by atoms with Crippen molar-refractivity contribution in [2.45, 2.75) is 64.8 Å². The second kappa shape index (κ2) is 5.53. The molecular formula is C15H29N. The van der Waals surface area contributed by atoms with Gasteiger partial charge >= 0.3 is 0 Å². The Bertz CT molecular complexity index is 207. The van der Waals surface area contributed by atoms with Gasteiger partial charge in [-0.05, 0) is 50.0 Å². The fourth-order valence-electron chi connectivity index (χ4n) is 3.59. The van der Waals surface area contributed by atoms with E-state index >= 15 is 0 Å². The highest BCUT2D eigenvalue weighted by atomic mass is 14.9. The molecule has 1 nitrogen and oxygen atoms in total. The summed E-state index contributed by atoms with van der Waals surface area (Å²) >= 11 is 0. The molecule has 1 N–H and O–H groups in total. The first-order valence-electron chi connectivity index (χ1n) is 7.38. The average Bonchev–Trinajstić information content (AvgIpc) is 2.21. The Morgan fingerprint density at radius 2 is 1.81 bits per heavy atom. The van der Waals surface area contributed by atoms with Crippen molar-refractivity contribution in [2.75, 3.05) is 7.05 Å². The van der Waals surface area contributed by atoms with Gasteiger partial charge in [0.05, 0.1) is 0 Å². The van der Waals surface area contributed by atoms with Crippen molar-refractivity contribution in [2.24, 2.45) is 23.7 Å². The van der Waals surface area contributed by atoms with Crippen LogP contribution in [0, 0.1) is 23.7 Å². The molecular weight excluding hydrogens is 194 g/mol. The molecule has 2 fully saturated rings. The Balaban J connectivity index is 1.83. The van der Waals surface area contributed by atoms with Crippen LogP contribution in [0.5, 0.6) is 0 Å². The van der Waals surface area contributed by atoms with Crippen molar-refractivity contribution in [3.05, 3.63) is 0 Å². The molecule has 0 aromatic heterocycles. The van der Waals surface area contributed by atoms with Gasteiger partial charge in [0.25, 0.3) is 0 Å². The van der Waals surface area contributed by atoms with Gasteiger partial charge in [-0.2, -0.15) is 0 Å². The number of hydrogen-bond acceptors (Lipinski definition) is 1. The van der Waals surface area contributed by atoms with Crippen LogP contribution in [0.15, 0.2) is 0 Å². The van der Waals surface area contributed by atoms with E-state index in [4.69, 9.17) is 0 Å². The lowest BCUT2D eigenvalue weighted by atomic mass is 9.70. The Labute approximate surface area is 101 Å². The number of rotatable bonds is 4. The molecule has 0 heterocycles. The third-order valence-corrected chi connectivity index (χ3v) is 5.39. The maximum absolute atomic E-state index is 3.61. The summed E-state index contributed by atoms with van der Waals surface area (Å²) in [6, 6.07) is 0.806. The Hall–Kier alpha value is -0.0400. The molecule has 0 aliphatic heterocycles. The van der Waals surface area contributed by atoms with Crippen LogP contribution in [0.1, 0.15) is 58.8 Å². The monoisotopic (exact) mass is 223 g/mol. The fraction of sp³-hybridized carbons (Fsp3) is 1.00. The van der Waals surface area contributed by atoms with Gasteiger partial charge in [0.2, 0.25) is 0 Å². The molecule has 2 rings (SSSR count). The topological polar surface area (TPSA) is 12.0 Å². The van der Waals surface area contributed by atoms with E-state index in [-0.39, 0.29) is 0 Å². The predicted molar refractivity (Wildman–Crippen MR) is 70.5 cm³/mol. The standard InChI is InChI=1S/C15H29N/c1-11-7-8-14(9-12(11)2)15(16-3)10-13-5-4-6-13/h11-16H,4-10H2,1-3H3. The molecule has 1 heteroatoms. The zero-order valence-electron chi connectivity index (χ0n) is 11.3. The summed E-state index contributed by atoms with van der Waals surface area (Å²) in [4.78, 5) is 0. The van der Waals surface area contributed by atoms with Crippen LogP contribution in [-0.2, 0) is 0 Å². The van der Waals surface area contributed by atoms with Crippen LogP contribution in [0.3, 0.4) is 0 Å². The molecule has 94 valence electrons. The lowest BCUT2D eigenvalue weighted by Crippen LogP contribution is -2.40. The largest absolute Gasteiger partial charge is 0.317 e. The minimum Gasteiger partial charge on any atom is -0.317 e. The van der Waals surface area contributed by atoms with Gasteiger partial charge in [-0.15, -0.1) is 0 Å². The molecule has 16 heavy (non-hydrogen) atoms. The molecule has 4 unspecified atom stereocenters. The number of nitrogens with one attached hydrogen (secondary N) is 1. The maximum atomic E-state index is 3.61. The summed E-state index contributed by atoms with van der Waals surface area (Å²) in [7, 11) is 2.17. The van der Waals surface area contributed by atoms with Crippen molar-refractivity contribution in [1.29, 1.82) is 0 Å². The van der Waals surface area contributed by atoms with E-state index in [1.807, 2.05) is 0 Å². The van der Waals surface area contributed by atoms with Gasteiger partial charge < -0.3 is 5.32 Å². The van der Waals surface area contributed by atoms with Gasteiger partial charge in [-0.25, -0.2) is 0 Å². The summed E-state index contributed by atoms with van der Waals surface area (Å²) in [6.07, 6.45) is 10.3. The maximum Gasteiger partial charge on any atom is 0.00950 e. The second-order valence-electron chi connectivity index (χ2n) is 6.46. The Kier molecular flexibility index (Phi) is 4.29. The van der Waals surface area contributed by atoms with Crippen molar-refractivity contribution in [1.82, 2.24) is 5.32 Å². The highest BCUT2D eigenvalue weighted by Crippen LogP contribution is 2.38. The first-order chi connectivity index (χ1) is 7.70. The van der Waals surface area contributed by atoms with Crippen LogP contribution in [0.2, 0.25) is 0 Å². The van der Waals surface area contributed by atoms with Gasteiger partial charge in [-0.3, -0.25) is 0 Å². The van der Waals surface area contributed by atoms with Crippen LogP contribution in [0.25, 0.3) is 0 Å². The smallest absolute Gasteiger partial charge is 0.00950 e. The lowest BCUT2D eigenvalue weighted by Gasteiger charge is -2.39. The molecule has 2 aliphatic carbocycles. The third-order valence-electron chi connectivity index (χ3n) is 5.39. The van der Waals surface area contributed by atoms with Gasteiger partial charge in [0.15, 0.2) is 0 Å². The third kappa shape index (κ3) is 2.80. The van der Waals surface area contributed by atoms with Gasteiger partial charge in [0, 0.05) is 6.04 Å². The van der Waals surface area contributed by atoms with Crippen LogP contribution < -0.4 is 5.32 Å². The molecule has 4 atom stereocenters. The first kappa shape index (κ1) is 12.4. The fourth-order valence-corrected chi connectivity index (χ4v) is 3.59. The quantitative estimate of drug-likeness (QED) is 0.763. The minimum absolute atomic E-state index is 0.806. The van der Waals surface area contributed by atoms with E-state index in [1.54, 1.807) is 0 Å². The summed E-state index contributed by atoms with van der Waals surface area (Å²) in [5.41, 5.74) is 0. The molecule has 0 saturated heterocycles. The zero-order valence-corrected chi connectivity index (χ0v) is 11.3. The molecule has 0 bridgehead atoms. The number of hydrogen-bond donors (Lipinski definition) is 1. The van der Waals surface area contributed by atoms with Crippen molar-refractivity contribution < 1.29 is 0 Å². The van der Waals surface area contributed by atoms with Gasteiger partial charge in [0.1, 0.15) is 0 Å². The highest BCUT2D eigenvalue weighted by Gasteiger charge is 2.31. The summed E-state index contributed by atoms with van der Waals surface area (Å²) < 4.78 is 0. The summed E-state index contributed by atoms with van der Waals surface area (Å²) in [6.45, 7) is 4.88. The SMILES string of the molecule is CNC(CC1CCC1)C1CCC(C)C(C)C1. The zero-order chi connectivity index (χ0) is 11.5. The van der Waals surface area contributed by atoms with E-state index in [0.29, 0.717) is 0 Å². The predicted octanol–water partition coefficient (Wildman–Crippen LogP) is 3.84. The van der Waals surface area contributed by atoms with Gasteiger partial charge in [-0.1, -0.05) is 39.5 Å². The Morgan fingerprint density at radius 3 is 2.31 bits per heavy atom. The summed E-state index contributed by atoms with van der Waals surface area (Å²) in [5, 5.41) is 3.61. The van der Waals surface area contributed by atoms with Crippen LogP contribution in [-0.4, -0.2) is 13.1 Å².